The van der Waals surface area contributed by atoms with Crippen LogP contribution in [0.4, 0.5) is 5.69 Å². The molecule has 0 atom stereocenters. The molecule has 0 spiro atoms. The van der Waals surface area contributed by atoms with Gasteiger partial charge in [-0.15, -0.1) is 0 Å². The van der Waals surface area contributed by atoms with E-state index in [-0.39, 0.29) is 0 Å². The molecule has 2 heteroatoms. The summed E-state index contributed by atoms with van der Waals surface area (Å²) in [6.07, 6.45) is 0. The van der Waals surface area contributed by atoms with Gasteiger partial charge in [-0.05, 0) is 42.8 Å². The monoisotopic (exact) mass is 226 g/mol. The molecule has 0 heterocycles. The molecule has 1 radical (unpaired) electrons. The molecule has 0 amide bonds. The van der Waals surface area contributed by atoms with Crippen molar-refractivity contribution < 1.29 is 4.74 Å². The van der Waals surface area contributed by atoms with Crippen molar-refractivity contribution >= 4 is 5.69 Å². The summed E-state index contributed by atoms with van der Waals surface area (Å²) >= 11 is 0. The number of benzene rings is 2. The summed E-state index contributed by atoms with van der Waals surface area (Å²) in [5, 5.41) is 3.26. The van der Waals surface area contributed by atoms with Crippen LogP contribution in [0, 0.1) is 6.07 Å². The summed E-state index contributed by atoms with van der Waals surface area (Å²) in [4.78, 5) is 0. The van der Waals surface area contributed by atoms with Gasteiger partial charge in [-0.3, -0.25) is 0 Å². The van der Waals surface area contributed by atoms with Gasteiger partial charge < -0.3 is 10.1 Å². The van der Waals surface area contributed by atoms with Crippen molar-refractivity contribution in [3.05, 3.63) is 60.2 Å². The van der Waals surface area contributed by atoms with E-state index < -0.39 is 0 Å². The molecule has 0 aliphatic heterocycles. The summed E-state index contributed by atoms with van der Waals surface area (Å²) in [5.41, 5.74) is 2.31. The van der Waals surface area contributed by atoms with Gasteiger partial charge in [-0.2, -0.15) is 0 Å². The Hall–Kier alpha value is -1.96. The molecule has 0 bridgehead atoms. The van der Waals surface area contributed by atoms with Gasteiger partial charge in [0.25, 0.3) is 0 Å². The summed E-state index contributed by atoms with van der Waals surface area (Å²) in [5.74, 6) is 0.875. The van der Waals surface area contributed by atoms with Crippen molar-refractivity contribution in [1.82, 2.24) is 0 Å². The predicted octanol–water partition coefficient (Wildman–Crippen LogP) is 3.50. The van der Waals surface area contributed by atoms with Crippen LogP contribution < -0.4 is 10.1 Å². The number of hydrogen-bond donors (Lipinski definition) is 1. The summed E-state index contributed by atoms with van der Waals surface area (Å²) in [7, 11) is 0. The smallest absolute Gasteiger partial charge is 0.119 e. The Labute approximate surface area is 102 Å². The highest BCUT2D eigenvalue weighted by Gasteiger charge is 1.95. The van der Waals surface area contributed by atoms with E-state index in [0.717, 1.165) is 18.0 Å². The van der Waals surface area contributed by atoms with Crippen molar-refractivity contribution in [3.63, 3.8) is 0 Å². The first-order chi connectivity index (χ1) is 8.38. The van der Waals surface area contributed by atoms with Crippen molar-refractivity contribution in [1.29, 1.82) is 0 Å². The van der Waals surface area contributed by atoms with Crippen LogP contribution in [0.15, 0.2) is 48.5 Å². The number of rotatable bonds is 5. The molecule has 0 aliphatic carbocycles. The molecule has 2 aromatic carbocycles. The molecule has 0 aromatic heterocycles. The van der Waals surface area contributed by atoms with E-state index in [1.54, 1.807) is 0 Å². The maximum atomic E-state index is 5.65. The standard InChI is InChI=1S/C15H16NO/c1-2-16-14-10-8-13(9-11-14)12-17-15-6-4-3-5-7-15/h4-11,16H,2,12H2,1H3. The SMILES string of the molecule is CCNc1ccc(COc2cc[c]cc2)cc1. The van der Waals surface area contributed by atoms with E-state index in [1.165, 1.54) is 5.56 Å². The average molecular weight is 226 g/mol. The average Bonchev–Trinajstić information content (AvgIpc) is 2.40. The fourth-order valence-corrected chi connectivity index (χ4v) is 1.56. The van der Waals surface area contributed by atoms with Gasteiger partial charge in [-0.25, -0.2) is 0 Å². The maximum absolute atomic E-state index is 5.65. The molecule has 2 aromatic rings. The fraction of sp³-hybridized carbons (Fsp3) is 0.200. The Morgan fingerprint density at radius 2 is 1.76 bits per heavy atom. The predicted molar refractivity (Wildman–Crippen MR) is 70.2 cm³/mol. The second-order valence-corrected chi connectivity index (χ2v) is 3.75. The fourth-order valence-electron chi connectivity index (χ4n) is 1.56. The molecule has 17 heavy (non-hydrogen) atoms. The maximum Gasteiger partial charge on any atom is 0.119 e. The van der Waals surface area contributed by atoms with E-state index in [4.69, 9.17) is 4.74 Å². The first-order valence-corrected chi connectivity index (χ1v) is 5.80. The summed E-state index contributed by atoms with van der Waals surface area (Å²) in [6, 6.07) is 18.8. The van der Waals surface area contributed by atoms with Crippen LogP contribution in [0.2, 0.25) is 0 Å². The Morgan fingerprint density at radius 3 is 2.41 bits per heavy atom. The van der Waals surface area contributed by atoms with E-state index in [2.05, 4.69) is 42.6 Å². The molecule has 87 valence electrons. The Balaban J connectivity index is 1.91. The van der Waals surface area contributed by atoms with Gasteiger partial charge in [-0.1, -0.05) is 24.3 Å². The Bertz CT molecular complexity index is 436. The zero-order valence-electron chi connectivity index (χ0n) is 9.94. The lowest BCUT2D eigenvalue weighted by atomic mass is 10.2. The van der Waals surface area contributed by atoms with Gasteiger partial charge >= 0.3 is 0 Å². The van der Waals surface area contributed by atoms with E-state index in [0.29, 0.717) is 6.61 Å². The molecule has 0 saturated carbocycles. The van der Waals surface area contributed by atoms with Crippen LogP contribution >= 0.6 is 0 Å². The van der Waals surface area contributed by atoms with Crippen molar-refractivity contribution in [2.24, 2.45) is 0 Å². The first kappa shape index (κ1) is 11.5. The van der Waals surface area contributed by atoms with Crippen LogP contribution in [0.5, 0.6) is 5.75 Å². The highest BCUT2D eigenvalue weighted by Crippen LogP contribution is 2.13. The highest BCUT2D eigenvalue weighted by molar-refractivity contribution is 5.44. The molecule has 0 saturated heterocycles. The Morgan fingerprint density at radius 1 is 1.06 bits per heavy atom. The van der Waals surface area contributed by atoms with Gasteiger partial charge in [0.05, 0.1) is 0 Å². The summed E-state index contributed by atoms with van der Waals surface area (Å²) < 4.78 is 5.65. The van der Waals surface area contributed by atoms with Crippen LogP contribution in [-0.2, 0) is 6.61 Å². The molecular weight excluding hydrogens is 210 g/mol. The number of ether oxygens (including phenoxy) is 1. The van der Waals surface area contributed by atoms with Crippen LogP contribution in [0.25, 0.3) is 0 Å². The minimum absolute atomic E-state index is 0.594. The molecule has 0 aliphatic rings. The molecule has 2 rings (SSSR count). The third-order valence-electron chi connectivity index (χ3n) is 2.43. The first-order valence-electron chi connectivity index (χ1n) is 5.80. The summed E-state index contributed by atoms with van der Waals surface area (Å²) in [6.45, 7) is 3.62. The number of nitrogens with one attached hydrogen (secondary N) is 1. The number of hydrogen-bond acceptors (Lipinski definition) is 2. The number of anilines is 1. The lowest BCUT2D eigenvalue weighted by molar-refractivity contribution is 0.306. The topological polar surface area (TPSA) is 21.3 Å². The Kier molecular flexibility index (Phi) is 4.03. The van der Waals surface area contributed by atoms with Gasteiger partial charge in [0, 0.05) is 12.2 Å². The normalized spacial score (nSPS) is 9.94. The third kappa shape index (κ3) is 3.52. The van der Waals surface area contributed by atoms with Crippen LogP contribution in [0.3, 0.4) is 0 Å². The van der Waals surface area contributed by atoms with Crippen molar-refractivity contribution in [2.45, 2.75) is 13.5 Å². The quantitative estimate of drug-likeness (QED) is 0.842. The second kappa shape index (κ2) is 5.94. The third-order valence-corrected chi connectivity index (χ3v) is 2.43. The van der Waals surface area contributed by atoms with Crippen LogP contribution in [-0.4, -0.2) is 6.54 Å². The molecule has 2 nitrogen and oxygen atoms in total. The zero-order valence-corrected chi connectivity index (χ0v) is 9.94. The minimum atomic E-state index is 0.594. The molecule has 1 N–H and O–H groups in total. The lowest BCUT2D eigenvalue weighted by Crippen LogP contribution is -1.98. The highest BCUT2D eigenvalue weighted by atomic mass is 16.5. The molecule has 0 unspecified atom stereocenters. The van der Waals surface area contributed by atoms with E-state index in [9.17, 15) is 0 Å². The van der Waals surface area contributed by atoms with Crippen molar-refractivity contribution in [2.75, 3.05) is 11.9 Å². The van der Waals surface area contributed by atoms with E-state index >= 15 is 0 Å². The van der Waals surface area contributed by atoms with E-state index in [1.807, 2.05) is 24.3 Å². The van der Waals surface area contributed by atoms with Crippen molar-refractivity contribution in [3.8, 4) is 5.75 Å². The zero-order chi connectivity index (χ0) is 11.9. The van der Waals surface area contributed by atoms with Gasteiger partial charge in [0.2, 0.25) is 0 Å². The molecule has 0 fully saturated rings. The minimum Gasteiger partial charge on any atom is -0.489 e. The largest absolute Gasteiger partial charge is 0.489 e. The lowest BCUT2D eigenvalue weighted by Gasteiger charge is -2.07. The molecular formula is C15H16NO. The van der Waals surface area contributed by atoms with Gasteiger partial charge in [0.15, 0.2) is 0 Å². The van der Waals surface area contributed by atoms with Gasteiger partial charge in [0.1, 0.15) is 12.4 Å². The second-order valence-electron chi connectivity index (χ2n) is 3.75. The van der Waals surface area contributed by atoms with Crippen LogP contribution in [0.1, 0.15) is 12.5 Å².